The van der Waals surface area contributed by atoms with E-state index in [0.717, 1.165) is 68.7 Å². The van der Waals surface area contributed by atoms with Crippen LogP contribution in [0.2, 0.25) is 0 Å². The third-order valence-corrected chi connectivity index (χ3v) is 10.4. The SMILES string of the molecule is CCn1nc(Cc2ccc(OC)c(C#N)c2)cc1C1CCN(CC2CC(N(C)[C@H](CC(C)C)C(=O)O)CC2c2cccc(F)c2)CC1. The molecule has 0 amide bonds. The summed E-state index contributed by atoms with van der Waals surface area (Å²) in [6, 6.07) is 16.8. The number of aryl methyl sites for hydroxylation is 1. The van der Waals surface area contributed by atoms with Crippen LogP contribution in [0.15, 0.2) is 48.5 Å². The van der Waals surface area contributed by atoms with Crippen LogP contribution >= 0.6 is 0 Å². The van der Waals surface area contributed by atoms with Crippen LogP contribution in [-0.2, 0) is 17.8 Å². The number of likely N-dealkylation sites (tertiary alicyclic amines) is 1. The van der Waals surface area contributed by atoms with Crippen LogP contribution in [0, 0.1) is 29.0 Å². The topological polar surface area (TPSA) is 94.6 Å². The molecule has 1 aromatic heterocycles. The molecule has 0 spiro atoms. The van der Waals surface area contributed by atoms with Gasteiger partial charge in [0.2, 0.25) is 0 Å². The zero-order valence-corrected chi connectivity index (χ0v) is 28.5. The number of piperidine rings is 1. The highest BCUT2D eigenvalue weighted by molar-refractivity contribution is 5.73. The Kier molecular flexibility index (Phi) is 11.4. The number of aliphatic carboxylic acids is 1. The highest BCUT2D eigenvalue weighted by Gasteiger charge is 2.41. The van der Waals surface area contributed by atoms with Gasteiger partial charge in [-0.15, -0.1) is 0 Å². The number of hydrogen-bond donors (Lipinski definition) is 1. The lowest BCUT2D eigenvalue weighted by Crippen LogP contribution is -2.45. The van der Waals surface area contributed by atoms with E-state index in [1.54, 1.807) is 19.2 Å². The summed E-state index contributed by atoms with van der Waals surface area (Å²) in [6.07, 6.45) is 5.11. The summed E-state index contributed by atoms with van der Waals surface area (Å²) in [6.45, 7) is 9.97. The minimum absolute atomic E-state index is 0.137. The van der Waals surface area contributed by atoms with Crippen LogP contribution in [0.4, 0.5) is 4.39 Å². The minimum atomic E-state index is -0.764. The van der Waals surface area contributed by atoms with Gasteiger partial charge in [-0.1, -0.05) is 32.0 Å². The quantitative estimate of drug-likeness (QED) is 0.222. The van der Waals surface area contributed by atoms with Crippen molar-refractivity contribution in [2.45, 2.75) is 89.8 Å². The number of halogens is 1. The summed E-state index contributed by atoms with van der Waals surface area (Å²) in [7, 11) is 3.54. The van der Waals surface area contributed by atoms with E-state index in [0.29, 0.717) is 36.0 Å². The third-order valence-electron chi connectivity index (χ3n) is 10.4. The average molecular weight is 644 g/mol. The maximum atomic E-state index is 14.4. The van der Waals surface area contributed by atoms with Crippen LogP contribution in [0.3, 0.4) is 0 Å². The number of aromatic nitrogens is 2. The Hall–Kier alpha value is -3.74. The maximum Gasteiger partial charge on any atom is 0.320 e. The number of nitrogens with zero attached hydrogens (tertiary/aromatic N) is 5. The number of rotatable bonds is 13. The molecule has 1 saturated heterocycles. The van der Waals surface area contributed by atoms with E-state index in [4.69, 9.17) is 9.84 Å². The fourth-order valence-electron chi connectivity index (χ4n) is 7.98. The summed E-state index contributed by atoms with van der Waals surface area (Å²) in [5.74, 6) is 0.825. The second-order valence-electron chi connectivity index (χ2n) is 14.0. The molecule has 3 unspecified atom stereocenters. The standard InChI is InChI=1S/C38H50FN5O3/c1-6-44-35(21-32(41-44)18-26-10-11-37(47-5)29(17-26)23-40)27-12-14-43(15-13-27)24-30-20-33(42(4)36(38(45)46)16-25(2)3)22-34(30)28-8-7-9-31(39)19-28/h7-11,17,19,21,25,27,30,33-34,36H,6,12-16,18,20,22,24H2,1-5H3,(H,45,46)/t30?,33?,34?,36-/m1/s1. The van der Waals surface area contributed by atoms with Gasteiger partial charge in [-0.2, -0.15) is 10.4 Å². The predicted octanol–water partition coefficient (Wildman–Crippen LogP) is 6.69. The Morgan fingerprint density at radius 1 is 1.17 bits per heavy atom. The molecule has 1 aliphatic carbocycles. The van der Waals surface area contributed by atoms with Crippen molar-refractivity contribution in [1.82, 2.24) is 19.6 Å². The number of benzene rings is 2. The Labute approximate surface area is 279 Å². The van der Waals surface area contributed by atoms with Crippen LogP contribution in [0.25, 0.3) is 0 Å². The molecule has 9 heteroatoms. The van der Waals surface area contributed by atoms with Crippen molar-refractivity contribution in [3.8, 4) is 11.8 Å². The first-order chi connectivity index (χ1) is 22.6. The summed E-state index contributed by atoms with van der Waals surface area (Å²) >= 11 is 0. The van der Waals surface area contributed by atoms with Crippen molar-refractivity contribution < 1.29 is 19.0 Å². The molecule has 2 heterocycles. The van der Waals surface area contributed by atoms with Gasteiger partial charge >= 0.3 is 5.97 Å². The molecule has 47 heavy (non-hydrogen) atoms. The van der Waals surface area contributed by atoms with Gasteiger partial charge in [-0.3, -0.25) is 14.4 Å². The summed E-state index contributed by atoms with van der Waals surface area (Å²) < 4.78 is 21.8. The molecule has 1 N–H and O–H groups in total. The van der Waals surface area contributed by atoms with E-state index in [1.807, 2.05) is 31.3 Å². The maximum absolute atomic E-state index is 14.4. The molecule has 8 nitrogen and oxygen atoms in total. The van der Waals surface area contributed by atoms with E-state index in [-0.39, 0.29) is 23.7 Å². The number of nitriles is 1. The van der Waals surface area contributed by atoms with E-state index in [9.17, 15) is 19.6 Å². The molecule has 252 valence electrons. The highest BCUT2D eigenvalue weighted by Crippen LogP contribution is 2.43. The number of carboxylic acids is 1. The fourth-order valence-corrected chi connectivity index (χ4v) is 7.98. The van der Waals surface area contributed by atoms with Crippen molar-refractivity contribution in [1.29, 1.82) is 5.26 Å². The minimum Gasteiger partial charge on any atom is -0.495 e. The Morgan fingerprint density at radius 2 is 1.94 bits per heavy atom. The molecule has 0 radical (unpaired) electrons. The van der Waals surface area contributed by atoms with Gasteiger partial charge in [0.05, 0.1) is 18.4 Å². The highest BCUT2D eigenvalue weighted by atomic mass is 19.1. The van der Waals surface area contributed by atoms with E-state index in [1.165, 1.54) is 11.8 Å². The Morgan fingerprint density at radius 3 is 2.57 bits per heavy atom. The first-order valence-electron chi connectivity index (χ1n) is 17.2. The van der Waals surface area contributed by atoms with Crippen molar-refractivity contribution in [3.63, 3.8) is 0 Å². The van der Waals surface area contributed by atoms with Crippen molar-refractivity contribution >= 4 is 5.97 Å². The lowest BCUT2D eigenvalue weighted by Gasteiger charge is -2.35. The molecule has 1 aliphatic heterocycles. The van der Waals surface area contributed by atoms with Gasteiger partial charge in [0.25, 0.3) is 0 Å². The molecule has 2 aromatic carbocycles. The van der Waals surface area contributed by atoms with Crippen molar-refractivity contribution in [3.05, 3.63) is 82.4 Å². The molecule has 2 aliphatic rings. The Bertz CT molecular complexity index is 1560. The second kappa shape index (κ2) is 15.4. The van der Waals surface area contributed by atoms with Gasteiger partial charge in [-0.25, -0.2) is 4.39 Å². The predicted molar refractivity (Wildman–Crippen MR) is 181 cm³/mol. The fraction of sp³-hybridized carbons (Fsp3) is 0.553. The van der Waals surface area contributed by atoms with Gasteiger partial charge in [0.1, 0.15) is 23.7 Å². The number of carboxylic acid groups (broad SMARTS) is 1. The molecule has 4 atom stereocenters. The number of carbonyl (C=O) groups is 1. The van der Waals surface area contributed by atoms with Gasteiger partial charge < -0.3 is 14.7 Å². The molecule has 3 aromatic rings. The second-order valence-corrected chi connectivity index (χ2v) is 14.0. The van der Waals surface area contributed by atoms with Crippen LogP contribution in [0.1, 0.15) is 92.8 Å². The van der Waals surface area contributed by atoms with E-state index < -0.39 is 12.0 Å². The summed E-state index contributed by atoms with van der Waals surface area (Å²) in [4.78, 5) is 16.9. The smallest absolute Gasteiger partial charge is 0.320 e. The van der Waals surface area contributed by atoms with Crippen LogP contribution in [-0.4, -0.2) is 76.5 Å². The largest absolute Gasteiger partial charge is 0.495 e. The zero-order chi connectivity index (χ0) is 33.7. The lowest BCUT2D eigenvalue weighted by molar-refractivity contribution is -0.144. The monoisotopic (exact) mass is 643 g/mol. The number of hydrogen-bond acceptors (Lipinski definition) is 6. The number of ether oxygens (including phenoxy) is 1. The lowest BCUT2D eigenvalue weighted by atomic mass is 9.87. The molecular formula is C38H50FN5O3. The molecule has 1 saturated carbocycles. The normalized spacial score (nSPS) is 21.3. The molecule has 0 bridgehead atoms. The third kappa shape index (κ3) is 8.22. The van der Waals surface area contributed by atoms with Gasteiger partial charge in [0.15, 0.2) is 0 Å². The number of likely N-dealkylation sites (N-methyl/N-ethyl adjacent to an activating group) is 1. The van der Waals surface area contributed by atoms with Gasteiger partial charge in [0, 0.05) is 37.2 Å². The molecular weight excluding hydrogens is 593 g/mol. The first kappa shape index (κ1) is 34.6. The van der Waals surface area contributed by atoms with Crippen molar-refractivity contribution in [2.24, 2.45) is 11.8 Å². The van der Waals surface area contributed by atoms with E-state index >= 15 is 0 Å². The van der Waals surface area contributed by atoms with Crippen LogP contribution in [0.5, 0.6) is 5.75 Å². The van der Waals surface area contributed by atoms with E-state index in [2.05, 4.69) is 47.4 Å². The summed E-state index contributed by atoms with van der Waals surface area (Å²) in [5, 5.41) is 24.5. The average Bonchev–Trinajstić information content (AvgIpc) is 3.67. The Balaban J connectivity index is 1.26. The van der Waals surface area contributed by atoms with Crippen LogP contribution < -0.4 is 4.74 Å². The molecule has 2 fully saturated rings. The first-order valence-corrected chi connectivity index (χ1v) is 17.2. The summed E-state index contributed by atoms with van der Waals surface area (Å²) in [5.41, 5.74) is 4.88. The number of methoxy groups -OCH3 is 1. The van der Waals surface area contributed by atoms with Crippen molar-refractivity contribution in [2.75, 3.05) is 33.8 Å². The molecule has 5 rings (SSSR count). The van der Waals surface area contributed by atoms with Gasteiger partial charge in [-0.05, 0) is 118 Å². The zero-order valence-electron chi connectivity index (χ0n) is 28.5.